The van der Waals surface area contributed by atoms with E-state index in [0.717, 1.165) is 0 Å². The molecule has 1 aromatic heterocycles. The van der Waals surface area contributed by atoms with Crippen molar-refractivity contribution in [2.75, 3.05) is 13.7 Å². The van der Waals surface area contributed by atoms with Crippen molar-refractivity contribution in [3.8, 4) is 5.88 Å². The standard InChI is InChI=1S/C16H18FN3O3/c1-19-15(23-2)8-13(18-19)16(22)20-9-12(21)7-14(20)10-4-3-5-11(17)6-10/h3-6,8,12,14,21H,7,9H2,1-2H3/t12-,14+/m1/s1. The van der Waals surface area contributed by atoms with Crippen molar-refractivity contribution in [1.82, 2.24) is 14.7 Å². The highest BCUT2D eigenvalue weighted by molar-refractivity contribution is 5.93. The molecule has 2 aromatic rings. The summed E-state index contributed by atoms with van der Waals surface area (Å²) in [5.74, 6) is -0.207. The van der Waals surface area contributed by atoms with Gasteiger partial charge in [0.15, 0.2) is 5.69 Å². The van der Waals surface area contributed by atoms with E-state index in [-0.39, 0.29) is 30.0 Å². The van der Waals surface area contributed by atoms with Gasteiger partial charge in [0.2, 0.25) is 5.88 Å². The zero-order valence-electron chi connectivity index (χ0n) is 12.9. The number of hydrogen-bond donors (Lipinski definition) is 1. The van der Waals surface area contributed by atoms with Crippen LogP contribution in [0.4, 0.5) is 4.39 Å². The van der Waals surface area contributed by atoms with Gasteiger partial charge in [-0.1, -0.05) is 12.1 Å². The summed E-state index contributed by atoms with van der Waals surface area (Å²) in [4.78, 5) is 14.3. The molecule has 2 atom stereocenters. The molecule has 6 nitrogen and oxygen atoms in total. The Labute approximate surface area is 133 Å². The van der Waals surface area contributed by atoms with Crippen LogP contribution in [0.1, 0.15) is 28.5 Å². The van der Waals surface area contributed by atoms with Crippen LogP contribution in [0.15, 0.2) is 30.3 Å². The highest BCUT2D eigenvalue weighted by atomic mass is 19.1. The van der Waals surface area contributed by atoms with Crippen LogP contribution in [0.25, 0.3) is 0 Å². The van der Waals surface area contributed by atoms with Crippen molar-refractivity contribution in [1.29, 1.82) is 0 Å². The number of aromatic nitrogens is 2. The topological polar surface area (TPSA) is 67.6 Å². The summed E-state index contributed by atoms with van der Waals surface area (Å²) in [6.07, 6.45) is -0.267. The first-order chi connectivity index (χ1) is 11.0. The molecule has 3 rings (SSSR count). The van der Waals surface area contributed by atoms with E-state index in [4.69, 9.17) is 4.74 Å². The lowest BCUT2D eigenvalue weighted by Gasteiger charge is -2.24. The van der Waals surface area contributed by atoms with E-state index in [1.165, 1.54) is 28.8 Å². The van der Waals surface area contributed by atoms with Crippen LogP contribution < -0.4 is 4.74 Å². The van der Waals surface area contributed by atoms with Crippen LogP contribution in [0, 0.1) is 5.82 Å². The quantitative estimate of drug-likeness (QED) is 0.931. The number of amides is 1. The Bertz CT molecular complexity index is 731. The summed E-state index contributed by atoms with van der Waals surface area (Å²) in [6, 6.07) is 7.27. The number of likely N-dealkylation sites (tertiary alicyclic amines) is 1. The number of nitrogens with zero attached hydrogens (tertiary/aromatic N) is 3. The molecule has 2 heterocycles. The molecule has 0 saturated carbocycles. The number of hydrogen-bond acceptors (Lipinski definition) is 4. The number of aryl methyl sites for hydroxylation is 1. The van der Waals surface area contributed by atoms with Crippen LogP contribution in [0.3, 0.4) is 0 Å². The lowest BCUT2D eigenvalue weighted by molar-refractivity contribution is 0.0709. The fourth-order valence-corrected chi connectivity index (χ4v) is 2.96. The van der Waals surface area contributed by atoms with E-state index in [9.17, 15) is 14.3 Å². The molecule has 1 aliphatic heterocycles. The third kappa shape index (κ3) is 2.92. The van der Waals surface area contributed by atoms with Crippen LogP contribution in [-0.4, -0.2) is 45.5 Å². The molecule has 1 aromatic carbocycles. The average Bonchev–Trinajstić information content (AvgIpc) is 3.09. The number of β-amino-alcohol motifs (C(OH)–C–C–N with tert-alkyl or cyclic N) is 1. The Balaban J connectivity index is 1.91. The Kier molecular flexibility index (Phi) is 4.04. The van der Waals surface area contributed by atoms with Gasteiger partial charge in [-0.05, 0) is 24.1 Å². The molecule has 1 aliphatic rings. The molecule has 0 bridgehead atoms. The SMILES string of the molecule is COc1cc(C(=O)N2C[C@H](O)C[C@H]2c2cccc(F)c2)nn1C. The molecule has 0 spiro atoms. The second kappa shape index (κ2) is 6.00. The number of carbonyl (C=O) groups excluding carboxylic acids is 1. The minimum atomic E-state index is -0.641. The zero-order valence-corrected chi connectivity index (χ0v) is 12.9. The number of ether oxygens (including phenoxy) is 1. The van der Waals surface area contributed by atoms with Crippen molar-refractivity contribution in [2.45, 2.75) is 18.6 Å². The van der Waals surface area contributed by atoms with Crippen molar-refractivity contribution < 1.29 is 19.0 Å². The van der Waals surface area contributed by atoms with Gasteiger partial charge >= 0.3 is 0 Å². The number of aliphatic hydroxyl groups excluding tert-OH is 1. The summed E-state index contributed by atoms with van der Waals surface area (Å²) >= 11 is 0. The molecule has 1 N–H and O–H groups in total. The van der Waals surface area contributed by atoms with E-state index >= 15 is 0 Å². The summed E-state index contributed by atoms with van der Waals surface area (Å²) in [5.41, 5.74) is 0.901. The Morgan fingerprint density at radius 1 is 1.43 bits per heavy atom. The molecule has 0 radical (unpaired) electrons. The van der Waals surface area contributed by atoms with Crippen molar-refractivity contribution in [3.63, 3.8) is 0 Å². The fraction of sp³-hybridized carbons (Fsp3) is 0.375. The number of rotatable bonds is 3. The smallest absolute Gasteiger partial charge is 0.275 e. The Morgan fingerprint density at radius 3 is 2.87 bits per heavy atom. The van der Waals surface area contributed by atoms with Gasteiger partial charge in [0.1, 0.15) is 5.82 Å². The number of methoxy groups -OCH3 is 1. The molecule has 1 saturated heterocycles. The van der Waals surface area contributed by atoms with E-state index in [2.05, 4.69) is 5.10 Å². The van der Waals surface area contributed by atoms with Crippen LogP contribution in [-0.2, 0) is 7.05 Å². The van der Waals surface area contributed by atoms with Gasteiger partial charge in [-0.25, -0.2) is 9.07 Å². The van der Waals surface area contributed by atoms with Crippen molar-refractivity contribution in [3.05, 3.63) is 47.4 Å². The first-order valence-electron chi connectivity index (χ1n) is 7.32. The van der Waals surface area contributed by atoms with Gasteiger partial charge in [-0.3, -0.25) is 4.79 Å². The minimum Gasteiger partial charge on any atom is -0.481 e. The molecule has 0 unspecified atom stereocenters. The van der Waals surface area contributed by atoms with Gasteiger partial charge < -0.3 is 14.7 Å². The first kappa shape index (κ1) is 15.5. The second-order valence-corrected chi connectivity index (χ2v) is 5.61. The largest absolute Gasteiger partial charge is 0.481 e. The van der Waals surface area contributed by atoms with Gasteiger partial charge in [0.25, 0.3) is 5.91 Å². The van der Waals surface area contributed by atoms with E-state index < -0.39 is 6.10 Å². The third-order valence-corrected chi connectivity index (χ3v) is 4.04. The highest BCUT2D eigenvalue weighted by Crippen LogP contribution is 2.33. The summed E-state index contributed by atoms with van der Waals surface area (Å²) in [6.45, 7) is 0.193. The lowest BCUT2D eigenvalue weighted by atomic mass is 10.0. The minimum absolute atomic E-state index is 0.193. The highest BCUT2D eigenvalue weighted by Gasteiger charge is 2.37. The second-order valence-electron chi connectivity index (χ2n) is 5.61. The molecular weight excluding hydrogens is 301 g/mol. The summed E-state index contributed by atoms with van der Waals surface area (Å²) < 4.78 is 20.1. The number of benzene rings is 1. The summed E-state index contributed by atoms with van der Waals surface area (Å²) in [7, 11) is 3.18. The molecule has 1 amide bonds. The predicted molar refractivity (Wildman–Crippen MR) is 80.6 cm³/mol. The fourth-order valence-electron chi connectivity index (χ4n) is 2.96. The normalized spacial score (nSPS) is 20.8. The van der Waals surface area contributed by atoms with Gasteiger partial charge in [0.05, 0.1) is 19.3 Å². The molecular formula is C16H18FN3O3. The van der Waals surface area contributed by atoms with Gasteiger partial charge in [-0.15, -0.1) is 0 Å². The molecule has 7 heteroatoms. The zero-order chi connectivity index (χ0) is 16.6. The van der Waals surface area contributed by atoms with E-state index in [1.54, 1.807) is 25.2 Å². The number of halogens is 1. The number of aliphatic hydroxyl groups is 1. The first-order valence-corrected chi connectivity index (χ1v) is 7.32. The summed E-state index contributed by atoms with van der Waals surface area (Å²) in [5, 5.41) is 14.1. The Hall–Kier alpha value is -2.41. The Morgan fingerprint density at radius 2 is 2.22 bits per heavy atom. The number of carbonyl (C=O) groups is 1. The molecule has 0 aliphatic carbocycles. The van der Waals surface area contributed by atoms with E-state index in [0.29, 0.717) is 17.9 Å². The lowest BCUT2D eigenvalue weighted by Crippen LogP contribution is -2.32. The predicted octanol–water partition coefficient (Wildman–Crippen LogP) is 1.52. The van der Waals surface area contributed by atoms with Crippen molar-refractivity contribution in [2.24, 2.45) is 7.05 Å². The maximum absolute atomic E-state index is 13.5. The molecule has 122 valence electrons. The molecule has 23 heavy (non-hydrogen) atoms. The maximum atomic E-state index is 13.5. The monoisotopic (exact) mass is 319 g/mol. The third-order valence-electron chi connectivity index (χ3n) is 4.04. The average molecular weight is 319 g/mol. The van der Waals surface area contributed by atoms with Crippen LogP contribution in [0.2, 0.25) is 0 Å². The maximum Gasteiger partial charge on any atom is 0.275 e. The van der Waals surface area contributed by atoms with E-state index in [1.807, 2.05) is 0 Å². The van der Waals surface area contributed by atoms with Gasteiger partial charge in [0, 0.05) is 19.7 Å². The molecule has 1 fully saturated rings. The van der Waals surface area contributed by atoms with Gasteiger partial charge in [-0.2, -0.15) is 5.10 Å². The van der Waals surface area contributed by atoms with Crippen molar-refractivity contribution >= 4 is 5.91 Å². The van der Waals surface area contributed by atoms with Crippen LogP contribution >= 0.6 is 0 Å². The van der Waals surface area contributed by atoms with Crippen LogP contribution in [0.5, 0.6) is 5.88 Å².